The Morgan fingerprint density at radius 1 is 0.846 bits per heavy atom. The van der Waals surface area contributed by atoms with Crippen molar-refractivity contribution in [1.82, 2.24) is 9.97 Å². The lowest BCUT2D eigenvalue weighted by atomic mass is 10.0. The van der Waals surface area contributed by atoms with Gasteiger partial charge in [0.15, 0.2) is 0 Å². The molecule has 1 aromatic heterocycles. The largest absolute Gasteiger partial charge is 0.324 e. The number of anilines is 2. The first-order valence-electron chi connectivity index (χ1n) is 8.10. The van der Waals surface area contributed by atoms with Gasteiger partial charge in [-0.2, -0.15) is 0 Å². The molecule has 0 bridgehead atoms. The average Bonchev–Trinajstić information content (AvgIpc) is 2.67. The first-order chi connectivity index (χ1) is 12.7. The molecule has 126 valence electrons. The standard InChI is InChI=1S/C21H14ClN3O/c22-15-9-6-10-16(13-15)23-21-24-18-12-5-4-11-17(18)19(25-21)20(26)14-7-2-1-3-8-14/h1-13H,(H,23,24,25). The van der Waals surface area contributed by atoms with Gasteiger partial charge in [-0.05, 0) is 24.3 Å². The number of nitrogens with one attached hydrogen (secondary N) is 1. The molecule has 0 amide bonds. The van der Waals surface area contributed by atoms with Gasteiger partial charge in [-0.3, -0.25) is 4.79 Å². The van der Waals surface area contributed by atoms with Gasteiger partial charge >= 0.3 is 0 Å². The lowest BCUT2D eigenvalue weighted by molar-refractivity contribution is 0.103. The maximum atomic E-state index is 13.0. The maximum absolute atomic E-state index is 13.0. The van der Waals surface area contributed by atoms with Gasteiger partial charge in [0.25, 0.3) is 0 Å². The Labute approximate surface area is 155 Å². The van der Waals surface area contributed by atoms with Gasteiger partial charge in [0.1, 0.15) is 5.69 Å². The highest BCUT2D eigenvalue weighted by Gasteiger charge is 2.16. The normalized spacial score (nSPS) is 10.7. The zero-order valence-electron chi connectivity index (χ0n) is 13.7. The van der Waals surface area contributed by atoms with E-state index in [2.05, 4.69) is 15.3 Å². The molecule has 3 aromatic carbocycles. The van der Waals surface area contributed by atoms with E-state index in [0.717, 1.165) is 11.1 Å². The van der Waals surface area contributed by atoms with Gasteiger partial charge in [-0.1, -0.05) is 66.2 Å². The van der Waals surface area contributed by atoms with Crippen molar-refractivity contribution in [2.45, 2.75) is 0 Å². The van der Waals surface area contributed by atoms with Crippen LogP contribution in [0.1, 0.15) is 16.1 Å². The van der Waals surface area contributed by atoms with E-state index in [-0.39, 0.29) is 5.78 Å². The predicted molar refractivity (Wildman–Crippen MR) is 104 cm³/mol. The van der Waals surface area contributed by atoms with Crippen LogP contribution in [0.4, 0.5) is 11.6 Å². The van der Waals surface area contributed by atoms with Crippen LogP contribution in [0, 0.1) is 0 Å². The highest BCUT2D eigenvalue weighted by molar-refractivity contribution is 6.30. The second kappa shape index (κ2) is 6.94. The van der Waals surface area contributed by atoms with E-state index >= 15 is 0 Å². The van der Waals surface area contributed by atoms with Gasteiger partial charge in [0, 0.05) is 21.7 Å². The quantitative estimate of drug-likeness (QED) is 0.505. The monoisotopic (exact) mass is 359 g/mol. The Morgan fingerprint density at radius 2 is 1.62 bits per heavy atom. The molecule has 0 fully saturated rings. The van der Waals surface area contributed by atoms with E-state index in [4.69, 9.17) is 11.6 Å². The third-order valence-corrected chi connectivity index (χ3v) is 4.17. The molecule has 0 saturated heterocycles. The van der Waals surface area contributed by atoms with Crippen LogP contribution in [0.3, 0.4) is 0 Å². The number of rotatable bonds is 4. The summed E-state index contributed by atoms with van der Waals surface area (Å²) in [6, 6.07) is 23.8. The maximum Gasteiger partial charge on any atom is 0.228 e. The molecule has 5 heteroatoms. The lowest BCUT2D eigenvalue weighted by Crippen LogP contribution is -2.08. The van der Waals surface area contributed by atoms with Crippen molar-refractivity contribution in [3.05, 3.63) is 95.1 Å². The van der Waals surface area contributed by atoms with Crippen molar-refractivity contribution in [3.63, 3.8) is 0 Å². The Morgan fingerprint density at radius 3 is 2.42 bits per heavy atom. The molecule has 1 heterocycles. The van der Waals surface area contributed by atoms with Crippen LogP contribution in [-0.2, 0) is 0 Å². The van der Waals surface area contributed by atoms with Crippen LogP contribution in [0.5, 0.6) is 0 Å². The van der Waals surface area contributed by atoms with Gasteiger partial charge < -0.3 is 5.32 Å². The Balaban J connectivity index is 1.82. The first kappa shape index (κ1) is 16.2. The lowest BCUT2D eigenvalue weighted by Gasteiger charge is -2.10. The van der Waals surface area contributed by atoms with E-state index in [9.17, 15) is 4.79 Å². The number of halogens is 1. The topological polar surface area (TPSA) is 54.9 Å². The summed E-state index contributed by atoms with van der Waals surface area (Å²) in [5, 5.41) is 4.45. The smallest absolute Gasteiger partial charge is 0.228 e. The van der Waals surface area contributed by atoms with Crippen molar-refractivity contribution in [2.24, 2.45) is 0 Å². The van der Waals surface area contributed by atoms with Crippen molar-refractivity contribution < 1.29 is 4.79 Å². The number of aromatic nitrogens is 2. The zero-order valence-corrected chi connectivity index (χ0v) is 14.4. The minimum absolute atomic E-state index is 0.140. The number of carbonyl (C=O) groups excluding carboxylic acids is 1. The van der Waals surface area contributed by atoms with Gasteiger partial charge in [0.2, 0.25) is 11.7 Å². The van der Waals surface area contributed by atoms with Crippen molar-refractivity contribution in [3.8, 4) is 0 Å². The molecule has 0 spiro atoms. The molecule has 4 aromatic rings. The minimum Gasteiger partial charge on any atom is -0.324 e. The number of benzene rings is 3. The van der Waals surface area contributed by atoms with Crippen LogP contribution in [0.2, 0.25) is 5.02 Å². The van der Waals surface area contributed by atoms with Gasteiger partial charge in [0.05, 0.1) is 5.52 Å². The summed E-state index contributed by atoms with van der Waals surface area (Å²) in [6.07, 6.45) is 0. The van der Waals surface area contributed by atoms with Gasteiger partial charge in [-0.15, -0.1) is 0 Å². The molecular weight excluding hydrogens is 346 g/mol. The molecule has 0 unspecified atom stereocenters. The van der Waals surface area contributed by atoms with Crippen molar-refractivity contribution in [1.29, 1.82) is 0 Å². The molecule has 4 nitrogen and oxygen atoms in total. The summed E-state index contributed by atoms with van der Waals surface area (Å²) in [4.78, 5) is 22.0. The van der Waals surface area contributed by atoms with Crippen LogP contribution in [0.25, 0.3) is 10.9 Å². The first-order valence-corrected chi connectivity index (χ1v) is 8.47. The van der Waals surface area contributed by atoms with E-state index in [1.165, 1.54) is 0 Å². The number of fused-ring (bicyclic) bond motifs is 1. The summed E-state index contributed by atoms with van der Waals surface area (Å²) in [5.74, 6) is 0.212. The summed E-state index contributed by atoms with van der Waals surface area (Å²) in [5.41, 5.74) is 2.41. The molecule has 26 heavy (non-hydrogen) atoms. The van der Waals surface area contributed by atoms with E-state index < -0.39 is 0 Å². The Bertz CT molecular complexity index is 1100. The molecule has 0 aliphatic heterocycles. The van der Waals surface area contributed by atoms with Crippen LogP contribution >= 0.6 is 11.6 Å². The third-order valence-electron chi connectivity index (χ3n) is 3.94. The van der Waals surface area contributed by atoms with E-state index in [0.29, 0.717) is 27.7 Å². The zero-order chi connectivity index (χ0) is 17.9. The summed E-state index contributed by atoms with van der Waals surface area (Å²) < 4.78 is 0. The number of para-hydroxylation sites is 1. The summed E-state index contributed by atoms with van der Waals surface area (Å²) >= 11 is 6.03. The van der Waals surface area contributed by atoms with Gasteiger partial charge in [-0.25, -0.2) is 9.97 Å². The number of ketones is 1. The predicted octanol–water partition coefficient (Wildman–Crippen LogP) is 5.26. The molecule has 1 N–H and O–H groups in total. The SMILES string of the molecule is O=C(c1ccccc1)c1nc(Nc2cccc(Cl)c2)nc2ccccc12. The molecule has 0 radical (unpaired) electrons. The highest BCUT2D eigenvalue weighted by atomic mass is 35.5. The average molecular weight is 360 g/mol. The van der Waals surface area contributed by atoms with Crippen LogP contribution in [0.15, 0.2) is 78.9 Å². The van der Waals surface area contributed by atoms with Crippen LogP contribution < -0.4 is 5.32 Å². The second-order valence-corrected chi connectivity index (χ2v) is 6.18. The van der Waals surface area contributed by atoms with Crippen molar-refractivity contribution >= 4 is 39.9 Å². The molecule has 0 saturated carbocycles. The van der Waals surface area contributed by atoms with Crippen molar-refractivity contribution in [2.75, 3.05) is 5.32 Å². The molecule has 0 aliphatic rings. The van der Waals surface area contributed by atoms with E-state index in [1.807, 2.05) is 54.6 Å². The Hall–Kier alpha value is -3.24. The minimum atomic E-state index is -0.140. The summed E-state index contributed by atoms with van der Waals surface area (Å²) in [7, 11) is 0. The molecule has 4 rings (SSSR count). The summed E-state index contributed by atoms with van der Waals surface area (Å²) in [6.45, 7) is 0. The third kappa shape index (κ3) is 3.27. The fourth-order valence-corrected chi connectivity index (χ4v) is 2.92. The number of nitrogens with zero attached hydrogens (tertiary/aromatic N) is 2. The Kier molecular flexibility index (Phi) is 4.33. The van der Waals surface area contributed by atoms with Crippen LogP contribution in [-0.4, -0.2) is 15.8 Å². The van der Waals surface area contributed by atoms with E-state index in [1.54, 1.807) is 24.3 Å². The fourth-order valence-electron chi connectivity index (χ4n) is 2.73. The molecule has 0 aliphatic carbocycles. The number of hydrogen-bond donors (Lipinski definition) is 1. The molecular formula is C21H14ClN3O. The molecule has 0 atom stereocenters. The number of hydrogen-bond acceptors (Lipinski definition) is 4. The highest BCUT2D eigenvalue weighted by Crippen LogP contribution is 2.23. The number of carbonyl (C=O) groups is 1. The fraction of sp³-hybridized carbons (Fsp3) is 0. The second-order valence-electron chi connectivity index (χ2n) is 5.74.